The molecule has 0 aliphatic carbocycles. The second kappa shape index (κ2) is 19.6. The third-order valence-corrected chi connectivity index (χ3v) is 17.1. The maximum absolute atomic E-state index is 11.9. The van der Waals surface area contributed by atoms with Gasteiger partial charge in [-0.05, 0) is 59.3 Å². The van der Waals surface area contributed by atoms with E-state index in [0.717, 1.165) is 6.42 Å². The quantitative estimate of drug-likeness (QED) is 0.211. The number of ether oxygens (including phenoxy) is 13. The second-order valence-electron chi connectivity index (χ2n) is 21.5. The number of carboxylic acid groups (broad SMARTS) is 1. The average Bonchev–Trinajstić information content (AvgIpc) is 3.97. The van der Waals surface area contributed by atoms with Gasteiger partial charge in [0, 0.05) is 84.9 Å². The smallest absolute Gasteiger partial charge is 0.308 e. The molecule has 1 spiro atoms. The number of hydrogen-bond acceptors (Lipinski definition) is 16. The largest absolute Gasteiger partial charge is 0.481 e. The van der Waals surface area contributed by atoms with Crippen molar-refractivity contribution in [2.75, 3.05) is 35.5 Å². The lowest BCUT2D eigenvalue weighted by atomic mass is 9.75. The van der Waals surface area contributed by atoms with E-state index in [1.807, 2.05) is 27.7 Å². The highest BCUT2D eigenvalue weighted by Gasteiger charge is 2.64. The molecule has 24 atom stereocenters. The van der Waals surface area contributed by atoms with Crippen LogP contribution in [-0.2, 0) is 66.4 Å². The normalized spacial score (nSPS) is 53.4. The summed E-state index contributed by atoms with van der Waals surface area (Å²) in [5.41, 5.74) is -1.58. The van der Waals surface area contributed by atoms with Crippen molar-refractivity contribution in [1.82, 2.24) is 0 Å². The van der Waals surface area contributed by atoms with Crippen molar-refractivity contribution >= 4 is 5.97 Å². The zero-order chi connectivity index (χ0) is 47.6. The van der Waals surface area contributed by atoms with Gasteiger partial charge in [0.05, 0.1) is 78.7 Å². The summed E-state index contributed by atoms with van der Waals surface area (Å²) >= 11 is 0. The molecular formula is C48H82O17. The van der Waals surface area contributed by atoms with Gasteiger partial charge in [-0.1, -0.05) is 34.6 Å². The van der Waals surface area contributed by atoms with E-state index in [4.69, 9.17) is 61.6 Å². The van der Waals surface area contributed by atoms with Gasteiger partial charge >= 0.3 is 5.97 Å². The van der Waals surface area contributed by atoms with E-state index < -0.39 is 108 Å². The van der Waals surface area contributed by atoms with E-state index in [0.29, 0.717) is 38.5 Å². The summed E-state index contributed by atoms with van der Waals surface area (Å²) in [6.45, 7) is 18.1. The third-order valence-electron chi connectivity index (χ3n) is 17.1. The summed E-state index contributed by atoms with van der Waals surface area (Å²) in [4.78, 5) is 11.9. The highest BCUT2D eigenvalue weighted by atomic mass is 16.7. The number of carboxylic acids is 1. The SMILES string of the molecule is CO[C@@H]1[C@@H]([C@@H](C)[C@@H]2O[C@@]3(CC[C@@](C)([C@@H]4CC[C@](C)([C@@H]5O[C@@H]([C@H]6O[C@@](C)(OC)[C@H](C)C[C@@H]6C)C[C@H]5O[C@H]5O[C@@H](C)C[C@@H](OC)[C@@H]5OC)O4)O3)C[C@H](O)[C@H]2C)O[C@@](O)(CC(=O)O)[C@H](C)[C@H]1OC. The summed E-state index contributed by atoms with van der Waals surface area (Å²) in [6, 6.07) is 0. The van der Waals surface area contributed by atoms with Crippen molar-refractivity contribution in [3.05, 3.63) is 0 Å². The number of carbonyl (C=O) groups is 1. The Bertz CT molecular complexity index is 1620. The molecule has 7 rings (SSSR count). The zero-order valence-electron chi connectivity index (χ0n) is 41.4. The van der Waals surface area contributed by atoms with Crippen LogP contribution in [0.2, 0.25) is 0 Å². The van der Waals surface area contributed by atoms with E-state index in [2.05, 4.69) is 27.7 Å². The molecule has 7 aliphatic rings. The van der Waals surface area contributed by atoms with Crippen molar-refractivity contribution in [1.29, 1.82) is 0 Å². The van der Waals surface area contributed by atoms with Crippen LogP contribution < -0.4 is 0 Å². The first-order valence-corrected chi connectivity index (χ1v) is 24.2. The molecular weight excluding hydrogens is 849 g/mol. The van der Waals surface area contributed by atoms with Gasteiger partial charge < -0.3 is 76.9 Å². The molecule has 376 valence electrons. The van der Waals surface area contributed by atoms with Gasteiger partial charge in [0.1, 0.15) is 18.3 Å². The predicted molar refractivity (Wildman–Crippen MR) is 233 cm³/mol. The van der Waals surface area contributed by atoms with Crippen molar-refractivity contribution < 1.29 is 81.7 Å². The Morgan fingerprint density at radius 3 is 2.09 bits per heavy atom. The number of aliphatic carboxylic acids is 1. The van der Waals surface area contributed by atoms with Crippen molar-refractivity contribution in [2.45, 2.75) is 234 Å². The molecule has 17 heteroatoms. The molecule has 0 unspecified atom stereocenters. The molecule has 0 bridgehead atoms. The standard InChI is InChI=1S/C48H82O17/c1-24-19-25(2)46(9,57-14)62-36(24)32-21-33(60-43-40(55-12)31(53-10)20-26(3)58-43)42(59-32)45(8)16-15-34(61-45)44(7)17-18-47(65-44)22-30(49)27(4)37(63-47)28(5)38-41(56-13)39(54-11)29(6)48(52,64-38)23-35(50)51/h24-34,36-43,49,52H,15-23H2,1-14H3,(H,50,51)/t24-,25+,26-,27+,28-,29+,30-,31+,32+,33+,34-,36-,37+,38+,39+,40-,41+,42+,43+,44-,45+,46+,47+,48-/m0/s1. The number of methoxy groups -OCH3 is 5. The van der Waals surface area contributed by atoms with Crippen LogP contribution >= 0.6 is 0 Å². The third kappa shape index (κ3) is 9.71. The Morgan fingerprint density at radius 1 is 0.769 bits per heavy atom. The van der Waals surface area contributed by atoms with Gasteiger partial charge in [0.25, 0.3) is 0 Å². The number of aliphatic hydroxyl groups is 2. The molecule has 0 saturated carbocycles. The lowest BCUT2D eigenvalue weighted by molar-refractivity contribution is -0.365. The number of rotatable bonds is 14. The summed E-state index contributed by atoms with van der Waals surface area (Å²) < 4.78 is 84.6. The number of hydrogen-bond donors (Lipinski definition) is 3. The highest BCUT2D eigenvalue weighted by Crippen LogP contribution is 2.55. The van der Waals surface area contributed by atoms with E-state index in [-0.39, 0.29) is 54.7 Å². The second-order valence-corrected chi connectivity index (χ2v) is 21.5. The minimum atomic E-state index is -2.03. The molecule has 0 aromatic carbocycles. The van der Waals surface area contributed by atoms with Crippen LogP contribution in [0.1, 0.15) is 120 Å². The van der Waals surface area contributed by atoms with Crippen molar-refractivity contribution in [3.8, 4) is 0 Å². The van der Waals surface area contributed by atoms with E-state index in [1.54, 1.807) is 35.4 Å². The fourth-order valence-corrected chi connectivity index (χ4v) is 12.8. The monoisotopic (exact) mass is 931 g/mol. The molecule has 0 aromatic heterocycles. The minimum Gasteiger partial charge on any atom is -0.481 e. The molecule has 7 aliphatic heterocycles. The Labute approximate surface area is 386 Å². The van der Waals surface area contributed by atoms with Crippen LogP contribution in [0.5, 0.6) is 0 Å². The molecule has 0 radical (unpaired) electrons. The molecule has 3 N–H and O–H groups in total. The fourth-order valence-electron chi connectivity index (χ4n) is 12.8. The number of aliphatic hydroxyl groups excluding tert-OH is 1. The van der Waals surface area contributed by atoms with E-state index in [9.17, 15) is 20.1 Å². The first-order valence-electron chi connectivity index (χ1n) is 24.2. The zero-order valence-corrected chi connectivity index (χ0v) is 41.4. The van der Waals surface area contributed by atoms with Gasteiger partial charge in [0.2, 0.25) is 0 Å². The van der Waals surface area contributed by atoms with Gasteiger partial charge in [-0.3, -0.25) is 4.79 Å². The Hall–Kier alpha value is -1.13. The van der Waals surface area contributed by atoms with E-state index >= 15 is 0 Å². The van der Waals surface area contributed by atoms with Crippen LogP contribution in [0, 0.1) is 29.6 Å². The fraction of sp³-hybridized carbons (Fsp3) is 0.979. The van der Waals surface area contributed by atoms with Gasteiger partial charge in [-0.2, -0.15) is 0 Å². The van der Waals surface area contributed by atoms with Crippen molar-refractivity contribution in [2.24, 2.45) is 29.6 Å². The first kappa shape index (κ1) is 51.7. The van der Waals surface area contributed by atoms with Crippen LogP contribution in [0.3, 0.4) is 0 Å². The van der Waals surface area contributed by atoms with Gasteiger partial charge in [0.15, 0.2) is 23.7 Å². The molecule has 17 nitrogen and oxygen atoms in total. The predicted octanol–water partition coefficient (Wildman–Crippen LogP) is 4.97. The lowest BCUT2D eigenvalue weighted by Crippen LogP contribution is -2.65. The molecule has 7 fully saturated rings. The van der Waals surface area contributed by atoms with Crippen LogP contribution in [0.15, 0.2) is 0 Å². The average molecular weight is 931 g/mol. The Balaban J connectivity index is 1.11. The van der Waals surface area contributed by atoms with Gasteiger partial charge in [-0.15, -0.1) is 0 Å². The lowest BCUT2D eigenvalue weighted by Gasteiger charge is -2.53. The summed E-state index contributed by atoms with van der Waals surface area (Å²) in [6.07, 6.45) is -2.69. The van der Waals surface area contributed by atoms with Crippen LogP contribution in [-0.4, -0.2) is 171 Å². The maximum atomic E-state index is 11.9. The summed E-state index contributed by atoms with van der Waals surface area (Å²) in [7, 11) is 8.09. The summed E-state index contributed by atoms with van der Waals surface area (Å²) in [5.74, 6) is -6.32. The Morgan fingerprint density at radius 2 is 1.46 bits per heavy atom. The first-order chi connectivity index (χ1) is 30.5. The van der Waals surface area contributed by atoms with Crippen LogP contribution in [0.25, 0.3) is 0 Å². The topological polar surface area (TPSA) is 198 Å². The van der Waals surface area contributed by atoms with Crippen molar-refractivity contribution in [3.63, 3.8) is 0 Å². The molecule has 65 heavy (non-hydrogen) atoms. The Kier molecular flexibility index (Phi) is 15.6. The molecule has 7 heterocycles. The molecule has 7 saturated heterocycles. The highest BCUT2D eigenvalue weighted by molar-refractivity contribution is 5.68. The van der Waals surface area contributed by atoms with E-state index in [1.165, 1.54) is 7.11 Å². The summed E-state index contributed by atoms with van der Waals surface area (Å²) in [5, 5.41) is 33.1. The molecule has 0 amide bonds. The molecule has 0 aromatic rings. The maximum Gasteiger partial charge on any atom is 0.308 e. The minimum absolute atomic E-state index is 0.109. The van der Waals surface area contributed by atoms with Gasteiger partial charge in [-0.25, -0.2) is 0 Å². The van der Waals surface area contributed by atoms with Crippen LogP contribution in [0.4, 0.5) is 0 Å².